The van der Waals surface area contributed by atoms with E-state index in [9.17, 15) is 4.79 Å². The molecule has 5 N–H and O–H groups in total. The summed E-state index contributed by atoms with van der Waals surface area (Å²) in [7, 11) is 0. The van der Waals surface area contributed by atoms with Crippen LogP contribution in [0.2, 0.25) is 0 Å². The number of carboxylic acid groups (broad SMARTS) is 1. The quantitative estimate of drug-likeness (QED) is 0.469. The van der Waals surface area contributed by atoms with Crippen LogP contribution in [0.25, 0.3) is 0 Å². The zero-order valence-corrected chi connectivity index (χ0v) is 6.19. The van der Waals surface area contributed by atoms with Crippen molar-refractivity contribution in [3.05, 3.63) is 12.0 Å². The molecule has 0 amide bonds. The number of aromatic amines is 1. The summed E-state index contributed by atoms with van der Waals surface area (Å²) in [5, 5.41) is 17.4. The Balaban J connectivity index is 2.64. The first-order valence-corrected chi connectivity index (χ1v) is 3.31. The third-order valence-electron chi connectivity index (χ3n) is 1.44. The normalized spacial score (nSPS) is 12.8. The van der Waals surface area contributed by atoms with Crippen LogP contribution in [0.5, 0.6) is 5.88 Å². The Hall–Kier alpha value is -1.56. The highest BCUT2D eigenvalue weighted by Crippen LogP contribution is 2.10. The van der Waals surface area contributed by atoms with E-state index < -0.39 is 12.0 Å². The molecule has 0 aliphatic heterocycles. The molecule has 66 valence electrons. The molecule has 12 heavy (non-hydrogen) atoms. The van der Waals surface area contributed by atoms with Crippen LogP contribution in [0.1, 0.15) is 5.69 Å². The lowest BCUT2D eigenvalue weighted by Crippen LogP contribution is -2.32. The minimum absolute atomic E-state index is 0.0428. The van der Waals surface area contributed by atoms with E-state index in [2.05, 4.69) is 9.97 Å². The number of H-pyrrole nitrogens is 1. The highest BCUT2D eigenvalue weighted by atomic mass is 16.4. The van der Waals surface area contributed by atoms with E-state index in [4.69, 9.17) is 15.9 Å². The molecule has 0 unspecified atom stereocenters. The molecule has 1 aromatic heterocycles. The van der Waals surface area contributed by atoms with Gasteiger partial charge in [-0.15, -0.1) is 0 Å². The van der Waals surface area contributed by atoms with Crippen LogP contribution in [-0.2, 0) is 11.2 Å². The third kappa shape index (κ3) is 1.73. The monoisotopic (exact) mass is 171 g/mol. The molecule has 6 heteroatoms. The van der Waals surface area contributed by atoms with Crippen LogP contribution in [0, 0.1) is 0 Å². The molecule has 1 rings (SSSR count). The predicted molar refractivity (Wildman–Crippen MR) is 39.6 cm³/mol. The van der Waals surface area contributed by atoms with Gasteiger partial charge in [-0.2, -0.15) is 0 Å². The molecule has 0 fully saturated rings. The van der Waals surface area contributed by atoms with Gasteiger partial charge in [-0.05, 0) is 0 Å². The van der Waals surface area contributed by atoms with Crippen molar-refractivity contribution in [3.8, 4) is 5.88 Å². The average molecular weight is 171 g/mol. The number of aromatic hydroxyl groups is 1. The van der Waals surface area contributed by atoms with Crippen molar-refractivity contribution in [2.75, 3.05) is 0 Å². The summed E-state index contributed by atoms with van der Waals surface area (Å²) in [6.45, 7) is 0. The van der Waals surface area contributed by atoms with E-state index >= 15 is 0 Å². The van der Waals surface area contributed by atoms with Crippen LogP contribution in [0.4, 0.5) is 0 Å². The van der Waals surface area contributed by atoms with Gasteiger partial charge in [0.15, 0.2) is 0 Å². The zero-order valence-electron chi connectivity index (χ0n) is 6.19. The highest BCUT2D eigenvalue weighted by molar-refractivity contribution is 5.73. The first-order chi connectivity index (χ1) is 5.61. The van der Waals surface area contributed by atoms with Gasteiger partial charge in [-0.3, -0.25) is 4.79 Å². The van der Waals surface area contributed by atoms with Gasteiger partial charge in [0, 0.05) is 6.42 Å². The number of nitrogens with zero attached hydrogens (tertiary/aromatic N) is 1. The van der Waals surface area contributed by atoms with Gasteiger partial charge < -0.3 is 20.9 Å². The van der Waals surface area contributed by atoms with Gasteiger partial charge in [-0.25, -0.2) is 4.98 Å². The second-order valence-electron chi connectivity index (χ2n) is 2.35. The Kier molecular flexibility index (Phi) is 2.29. The molecule has 0 saturated carbocycles. The van der Waals surface area contributed by atoms with E-state index in [-0.39, 0.29) is 12.3 Å². The van der Waals surface area contributed by atoms with Crippen molar-refractivity contribution >= 4 is 5.97 Å². The van der Waals surface area contributed by atoms with Gasteiger partial charge in [0.05, 0.1) is 12.0 Å². The molecule has 0 bridgehead atoms. The molecule has 1 atom stereocenters. The fraction of sp³-hybridized carbons (Fsp3) is 0.333. The number of aromatic nitrogens is 2. The fourth-order valence-corrected chi connectivity index (χ4v) is 0.771. The molecule has 0 radical (unpaired) electrons. The lowest BCUT2D eigenvalue weighted by molar-refractivity contribution is -0.138. The maximum atomic E-state index is 10.3. The van der Waals surface area contributed by atoms with Gasteiger partial charge in [-0.1, -0.05) is 0 Å². The summed E-state index contributed by atoms with van der Waals surface area (Å²) < 4.78 is 0. The maximum Gasteiger partial charge on any atom is 0.320 e. The van der Waals surface area contributed by atoms with Gasteiger partial charge in [0.2, 0.25) is 5.88 Å². The zero-order chi connectivity index (χ0) is 9.14. The van der Waals surface area contributed by atoms with E-state index in [1.54, 1.807) is 0 Å². The first-order valence-electron chi connectivity index (χ1n) is 3.31. The number of carboxylic acids is 1. The Bertz CT molecular complexity index is 283. The van der Waals surface area contributed by atoms with Crippen LogP contribution in [0.15, 0.2) is 6.33 Å². The molecule has 0 spiro atoms. The third-order valence-corrected chi connectivity index (χ3v) is 1.44. The van der Waals surface area contributed by atoms with Crippen LogP contribution in [-0.4, -0.2) is 32.2 Å². The number of carbonyl (C=O) groups is 1. The lowest BCUT2D eigenvalue weighted by atomic mass is 10.2. The predicted octanol–water partition coefficient (Wildman–Crippen LogP) is -0.930. The molecule has 0 saturated heterocycles. The van der Waals surface area contributed by atoms with Crippen molar-refractivity contribution in [1.29, 1.82) is 0 Å². The largest absolute Gasteiger partial charge is 0.492 e. The SMILES string of the molecule is N[C@@H](Cc1[nH]cnc1O)C(=O)O. The Labute approximate surface area is 68.0 Å². The minimum Gasteiger partial charge on any atom is -0.492 e. The number of nitrogens with two attached hydrogens (primary N) is 1. The minimum atomic E-state index is -1.11. The van der Waals surface area contributed by atoms with Crippen LogP contribution in [0.3, 0.4) is 0 Å². The fourth-order valence-electron chi connectivity index (χ4n) is 0.771. The molecule has 0 aliphatic carbocycles. The molecule has 1 heterocycles. The van der Waals surface area contributed by atoms with Crippen molar-refractivity contribution in [2.24, 2.45) is 5.73 Å². The maximum absolute atomic E-state index is 10.3. The number of aliphatic carboxylic acids is 1. The van der Waals surface area contributed by atoms with Gasteiger partial charge in [0.25, 0.3) is 0 Å². The summed E-state index contributed by atoms with van der Waals surface area (Å²) in [6.07, 6.45) is 1.32. The number of nitrogens with one attached hydrogen (secondary N) is 1. The van der Waals surface area contributed by atoms with E-state index in [0.717, 1.165) is 0 Å². The number of hydrogen-bond donors (Lipinski definition) is 4. The molecule has 6 nitrogen and oxygen atoms in total. The molecule has 0 aliphatic rings. The van der Waals surface area contributed by atoms with E-state index in [1.807, 2.05) is 0 Å². The Morgan fingerprint density at radius 3 is 2.92 bits per heavy atom. The topological polar surface area (TPSA) is 112 Å². The first kappa shape index (κ1) is 8.54. The van der Waals surface area contributed by atoms with Crippen molar-refractivity contribution in [2.45, 2.75) is 12.5 Å². The second-order valence-corrected chi connectivity index (χ2v) is 2.35. The highest BCUT2D eigenvalue weighted by Gasteiger charge is 2.15. The lowest BCUT2D eigenvalue weighted by Gasteiger charge is -2.03. The smallest absolute Gasteiger partial charge is 0.320 e. The standard InChI is InChI=1S/C6H9N3O3/c7-3(6(11)12)1-4-5(10)9-2-8-4/h2-3,10H,1,7H2,(H,8,9)(H,11,12)/t3-/m0/s1. The number of imidazole rings is 1. The molecule has 0 aromatic carbocycles. The summed E-state index contributed by atoms with van der Waals surface area (Å²) in [5.41, 5.74) is 5.56. The van der Waals surface area contributed by atoms with Crippen LogP contribution < -0.4 is 5.73 Å². The Morgan fingerprint density at radius 2 is 2.50 bits per heavy atom. The average Bonchev–Trinajstić information content (AvgIpc) is 2.36. The van der Waals surface area contributed by atoms with Gasteiger partial charge >= 0.3 is 5.97 Å². The summed E-state index contributed by atoms with van der Waals surface area (Å²) in [5.74, 6) is -1.31. The van der Waals surface area contributed by atoms with E-state index in [1.165, 1.54) is 6.33 Å². The summed E-state index contributed by atoms with van der Waals surface area (Å²) in [6, 6.07) is -1.02. The van der Waals surface area contributed by atoms with Crippen molar-refractivity contribution in [3.63, 3.8) is 0 Å². The molecule has 1 aromatic rings. The Morgan fingerprint density at radius 1 is 1.83 bits per heavy atom. The summed E-state index contributed by atoms with van der Waals surface area (Å²) in [4.78, 5) is 16.4. The van der Waals surface area contributed by atoms with E-state index in [0.29, 0.717) is 5.69 Å². The number of rotatable bonds is 3. The van der Waals surface area contributed by atoms with Crippen molar-refractivity contribution in [1.82, 2.24) is 9.97 Å². The molecular formula is C6H9N3O3. The van der Waals surface area contributed by atoms with Gasteiger partial charge in [0.1, 0.15) is 6.04 Å². The second kappa shape index (κ2) is 3.22. The van der Waals surface area contributed by atoms with Crippen molar-refractivity contribution < 1.29 is 15.0 Å². The molecular weight excluding hydrogens is 162 g/mol. The van der Waals surface area contributed by atoms with Crippen LogP contribution >= 0.6 is 0 Å². The summed E-state index contributed by atoms with van der Waals surface area (Å²) >= 11 is 0. The number of hydrogen-bond acceptors (Lipinski definition) is 4.